The highest BCUT2D eigenvalue weighted by atomic mass is 79.9. The summed E-state index contributed by atoms with van der Waals surface area (Å²) in [4.78, 5) is 12.0. The van der Waals surface area contributed by atoms with Gasteiger partial charge in [-0.25, -0.2) is 0 Å². The fraction of sp³-hybridized carbons (Fsp3) is 0.545. The molecule has 0 aliphatic heterocycles. The minimum atomic E-state index is -0.233. The molecule has 88 valence electrons. The Balaban J connectivity index is 2.09. The summed E-state index contributed by atoms with van der Waals surface area (Å²) < 4.78 is 5.80. The lowest BCUT2D eigenvalue weighted by atomic mass is 9.98. The summed E-state index contributed by atoms with van der Waals surface area (Å²) in [6.45, 7) is 0.483. The molecule has 4 nitrogen and oxygen atoms in total. The topological polar surface area (TPSA) is 68.3 Å². The molecule has 1 aliphatic rings. The van der Waals surface area contributed by atoms with Gasteiger partial charge in [-0.3, -0.25) is 4.79 Å². The van der Waals surface area contributed by atoms with Crippen molar-refractivity contribution in [3.63, 3.8) is 0 Å². The maximum absolute atomic E-state index is 12.0. The number of carbonyl (C=O) groups excluding carboxylic acids is 1. The van der Waals surface area contributed by atoms with Gasteiger partial charge in [-0.15, -0.1) is 0 Å². The third-order valence-corrected chi connectivity index (χ3v) is 3.78. The highest BCUT2D eigenvalue weighted by Gasteiger charge is 2.35. The summed E-state index contributed by atoms with van der Waals surface area (Å²) in [5.74, 6) is 0.129. The number of hydrogen-bond acceptors (Lipinski definition) is 3. The Morgan fingerprint density at radius 2 is 2.25 bits per heavy atom. The van der Waals surface area contributed by atoms with Crippen molar-refractivity contribution in [2.24, 2.45) is 5.73 Å². The van der Waals surface area contributed by atoms with Crippen LogP contribution in [-0.4, -0.2) is 18.0 Å². The molecule has 0 aromatic carbocycles. The quantitative estimate of drug-likeness (QED) is 0.894. The number of hydrogen-bond donors (Lipinski definition) is 2. The molecule has 0 unspecified atom stereocenters. The molecule has 5 heteroatoms. The van der Waals surface area contributed by atoms with Crippen LogP contribution in [0.25, 0.3) is 0 Å². The van der Waals surface area contributed by atoms with Crippen molar-refractivity contribution in [1.82, 2.24) is 5.32 Å². The summed E-state index contributed by atoms with van der Waals surface area (Å²) in [7, 11) is 0. The SMILES string of the molecule is NCC1(NC(=O)c2occc2Br)CCCC1. The van der Waals surface area contributed by atoms with Gasteiger partial charge in [0.1, 0.15) is 0 Å². The first-order valence-electron chi connectivity index (χ1n) is 5.42. The van der Waals surface area contributed by atoms with Gasteiger partial charge in [-0.1, -0.05) is 12.8 Å². The van der Waals surface area contributed by atoms with Gasteiger partial charge < -0.3 is 15.5 Å². The number of nitrogens with two attached hydrogens (primary N) is 1. The zero-order chi connectivity index (χ0) is 11.6. The van der Waals surface area contributed by atoms with Crippen LogP contribution in [0.5, 0.6) is 0 Å². The smallest absolute Gasteiger partial charge is 0.288 e. The van der Waals surface area contributed by atoms with Crippen LogP contribution in [0.4, 0.5) is 0 Å². The van der Waals surface area contributed by atoms with Crippen molar-refractivity contribution in [3.8, 4) is 0 Å². The second-order valence-corrected chi connectivity index (χ2v) is 5.10. The summed E-state index contributed by atoms with van der Waals surface area (Å²) in [5.41, 5.74) is 5.52. The van der Waals surface area contributed by atoms with Gasteiger partial charge in [0.05, 0.1) is 16.3 Å². The number of amides is 1. The monoisotopic (exact) mass is 286 g/mol. The maximum atomic E-state index is 12.0. The van der Waals surface area contributed by atoms with Crippen LogP contribution in [0.3, 0.4) is 0 Å². The molecular formula is C11H15BrN2O2. The van der Waals surface area contributed by atoms with Crippen molar-refractivity contribution in [1.29, 1.82) is 0 Å². The zero-order valence-electron chi connectivity index (χ0n) is 8.96. The Kier molecular flexibility index (Phi) is 3.35. The molecule has 1 saturated carbocycles. The minimum absolute atomic E-state index is 0.191. The molecule has 0 saturated heterocycles. The van der Waals surface area contributed by atoms with Crippen molar-refractivity contribution in [3.05, 3.63) is 22.6 Å². The largest absolute Gasteiger partial charge is 0.458 e. The van der Waals surface area contributed by atoms with Crippen LogP contribution in [-0.2, 0) is 0 Å². The lowest BCUT2D eigenvalue weighted by Gasteiger charge is -2.28. The van der Waals surface area contributed by atoms with Crippen LogP contribution in [0, 0.1) is 0 Å². The van der Waals surface area contributed by atoms with E-state index in [4.69, 9.17) is 10.2 Å². The van der Waals surface area contributed by atoms with E-state index in [0.29, 0.717) is 16.8 Å². The van der Waals surface area contributed by atoms with E-state index >= 15 is 0 Å². The maximum Gasteiger partial charge on any atom is 0.288 e. The van der Waals surface area contributed by atoms with E-state index < -0.39 is 0 Å². The van der Waals surface area contributed by atoms with Gasteiger partial charge >= 0.3 is 0 Å². The van der Waals surface area contributed by atoms with Crippen LogP contribution >= 0.6 is 15.9 Å². The molecule has 0 radical (unpaired) electrons. The standard InChI is InChI=1S/C11H15BrN2O2/c12-8-3-6-16-9(8)10(15)14-11(7-13)4-1-2-5-11/h3,6H,1-2,4-5,7,13H2,(H,14,15). The lowest BCUT2D eigenvalue weighted by Crippen LogP contribution is -2.51. The van der Waals surface area contributed by atoms with E-state index in [0.717, 1.165) is 25.7 Å². The van der Waals surface area contributed by atoms with E-state index in [1.165, 1.54) is 6.26 Å². The molecule has 1 amide bonds. The van der Waals surface area contributed by atoms with Crippen LogP contribution < -0.4 is 11.1 Å². The molecule has 1 aromatic rings. The van der Waals surface area contributed by atoms with Crippen molar-refractivity contribution in [2.75, 3.05) is 6.54 Å². The molecule has 0 bridgehead atoms. The Hall–Kier alpha value is -0.810. The van der Waals surface area contributed by atoms with E-state index in [2.05, 4.69) is 21.2 Å². The number of nitrogens with one attached hydrogen (secondary N) is 1. The van der Waals surface area contributed by atoms with Crippen molar-refractivity contribution in [2.45, 2.75) is 31.2 Å². The first kappa shape index (κ1) is 11.7. The number of halogens is 1. The minimum Gasteiger partial charge on any atom is -0.458 e. The predicted molar refractivity (Wildman–Crippen MR) is 64.1 cm³/mol. The van der Waals surface area contributed by atoms with Gasteiger partial charge in [-0.05, 0) is 34.8 Å². The van der Waals surface area contributed by atoms with E-state index in [1.807, 2.05) is 0 Å². The molecule has 0 atom stereocenters. The fourth-order valence-corrected chi connectivity index (χ4v) is 2.57. The second kappa shape index (κ2) is 4.59. The molecule has 1 heterocycles. The molecule has 2 rings (SSSR count). The lowest BCUT2D eigenvalue weighted by molar-refractivity contribution is 0.0873. The van der Waals surface area contributed by atoms with Gasteiger partial charge in [0.15, 0.2) is 0 Å². The Morgan fingerprint density at radius 1 is 1.56 bits per heavy atom. The average molecular weight is 287 g/mol. The van der Waals surface area contributed by atoms with Gasteiger partial charge in [0, 0.05) is 6.54 Å². The molecule has 3 N–H and O–H groups in total. The summed E-state index contributed by atoms with van der Waals surface area (Å²) in [5, 5.41) is 3.00. The number of rotatable bonds is 3. The molecule has 0 spiro atoms. The Bertz CT molecular complexity index is 383. The number of furan rings is 1. The molecular weight excluding hydrogens is 272 g/mol. The summed E-state index contributed by atoms with van der Waals surface area (Å²) in [6, 6.07) is 1.71. The van der Waals surface area contributed by atoms with Crippen LogP contribution in [0.1, 0.15) is 36.2 Å². The van der Waals surface area contributed by atoms with Gasteiger partial charge in [-0.2, -0.15) is 0 Å². The van der Waals surface area contributed by atoms with E-state index in [1.54, 1.807) is 6.07 Å². The van der Waals surface area contributed by atoms with Crippen molar-refractivity contribution < 1.29 is 9.21 Å². The van der Waals surface area contributed by atoms with Crippen molar-refractivity contribution >= 4 is 21.8 Å². The first-order chi connectivity index (χ1) is 7.67. The highest BCUT2D eigenvalue weighted by Crippen LogP contribution is 2.29. The first-order valence-corrected chi connectivity index (χ1v) is 6.22. The predicted octanol–water partition coefficient (Wildman–Crippen LogP) is 2.04. The number of carbonyl (C=O) groups is 1. The van der Waals surface area contributed by atoms with Gasteiger partial charge in [0.2, 0.25) is 5.76 Å². The average Bonchev–Trinajstić information content (AvgIpc) is 2.87. The molecule has 1 aliphatic carbocycles. The van der Waals surface area contributed by atoms with E-state index in [-0.39, 0.29) is 11.4 Å². The normalized spacial score (nSPS) is 18.6. The summed E-state index contributed by atoms with van der Waals surface area (Å²) in [6.07, 6.45) is 5.64. The highest BCUT2D eigenvalue weighted by molar-refractivity contribution is 9.10. The van der Waals surface area contributed by atoms with Crippen LogP contribution in [0.2, 0.25) is 0 Å². The third-order valence-electron chi connectivity index (χ3n) is 3.15. The fourth-order valence-electron chi connectivity index (χ4n) is 2.19. The zero-order valence-corrected chi connectivity index (χ0v) is 10.5. The second-order valence-electron chi connectivity index (χ2n) is 4.24. The molecule has 1 fully saturated rings. The Morgan fingerprint density at radius 3 is 2.75 bits per heavy atom. The Labute approximate surface area is 103 Å². The molecule has 1 aromatic heterocycles. The molecule has 16 heavy (non-hydrogen) atoms. The van der Waals surface area contributed by atoms with Gasteiger partial charge in [0.25, 0.3) is 5.91 Å². The summed E-state index contributed by atoms with van der Waals surface area (Å²) >= 11 is 3.27. The van der Waals surface area contributed by atoms with E-state index in [9.17, 15) is 4.79 Å². The third kappa shape index (κ3) is 2.15. The van der Waals surface area contributed by atoms with Crippen LogP contribution in [0.15, 0.2) is 21.2 Å².